The maximum atomic E-state index is 11.0. The number of aromatic nitrogens is 2. The first-order valence-electron chi connectivity index (χ1n) is 6.09. The Bertz CT molecular complexity index is 473. The Morgan fingerprint density at radius 3 is 2.74 bits per heavy atom. The lowest BCUT2D eigenvalue weighted by atomic mass is 9.92. The minimum Gasteiger partial charge on any atom is -0.381 e. The first kappa shape index (κ1) is 13.5. The van der Waals surface area contributed by atoms with Crippen molar-refractivity contribution in [2.24, 2.45) is 0 Å². The third-order valence-corrected chi connectivity index (χ3v) is 3.21. The minimum absolute atomic E-state index is 0.119. The lowest BCUT2D eigenvalue weighted by Crippen LogP contribution is -2.41. The summed E-state index contributed by atoms with van der Waals surface area (Å²) in [6, 6.07) is 0. The van der Waals surface area contributed by atoms with E-state index in [2.05, 4.69) is 20.6 Å². The molecule has 1 saturated heterocycles. The number of nitrogens with one attached hydrogen (secondary N) is 2. The maximum absolute atomic E-state index is 11.0. The van der Waals surface area contributed by atoms with Crippen molar-refractivity contribution >= 4 is 17.5 Å². The lowest BCUT2D eigenvalue weighted by molar-refractivity contribution is -0.384. The zero-order valence-electron chi connectivity index (χ0n) is 11.0. The first-order valence-corrected chi connectivity index (χ1v) is 6.09. The molecule has 1 aliphatic heterocycles. The van der Waals surface area contributed by atoms with Crippen LogP contribution in [0.15, 0.2) is 6.20 Å². The van der Waals surface area contributed by atoms with Gasteiger partial charge in [-0.25, -0.2) is 4.98 Å². The molecule has 2 N–H and O–H groups in total. The molecule has 1 aromatic heterocycles. The molecule has 0 spiro atoms. The zero-order valence-corrected chi connectivity index (χ0v) is 11.0. The average molecular weight is 267 g/mol. The van der Waals surface area contributed by atoms with E-state index in [1.165, 1.54) is 6.20 Å². The molecule has 2 rings (SSSR count). The molecule has 0 radical (unpaired) electrons. The van der Waals surface area contributed by atoms with Crippen LogP contribution in [0.25, 0.3) is 0 Å². The van der Waals surface area contributed by atoms with Gasteiger partial charge in [0.05, 0.1) is 4.92 Å². The van der Waals surface area contributed by atoms with Crippen LogP contribution in [0.3, 0.4) is 0 Å². The fraction of sp³-hybridized carbons (Fsp3) is 0.636. The predicted octanol–water partition coefficient (Wildman–Crippen LogP) is 1.41. The van der Waals surface area contributed by atoms with Gasteiger partial charge in [-0.05, 0) is 19.8 Å². The van der Waals surface area contributed by atoms with Gasteiger partial charge in [-0.1, -0.05) is 0 Å². The van der Waals surface area contributed by atoms with E-state index in [1.807, 2.05) is 6.92 Å². The van der Waals surface area contributed by atoms with Crippen molar-refractivity contribution in [3.05, 3.63) is 16.3 Å². The molecule has 19 heavy (non-hydrogen) atoms. The van der Waals surface area contributed by atoms with E-state index < -0.39 is 4.92 Å². The summed E-state index contributed by atoms with van der Waals surface area (Å²) in [4.78, 5) is 18.5. The molecule has 104 valence electrons. The van der Waals surface area contributed by atoms with Crippen molar-refractivity contribution < 1.29 is 9.66 Å². The molecule has 1 fully saturated rings. The summed E-state index contributed by atoms with van der Waals surface area (Å²) in [6.07, 6.45) is 2.77. The summed E-state index contributed by atoms with van der Waals surface area (Å²) in [5, 5.41) is 17.0. The summed E-state index contributed by atoms with van der Waals surface area (Å²) >= 11 is 0. The third-order valence-electron chi connectivity index (χ3n) is 3.21. The largest absolute Gasteiger partial charge is 0.381 e. The first-order chi connectivity index (χ1) is 9.04. The van der Waals surface area contributed by atoms with Crippen molar-refractivity contribution in [2.45, 2.75) is 25.3 Å². The molecule has 1 aliphatic rings. The highest BCUT2D eigenvalue weighted by Crippen LogP contribution is 2.29. The van der Waals surface area contributed by atoms with Gasteiger partial charge >= 0.3 is 5.69 Å². The molecule has 0 atom stereocenters. The number of hydrogen-bond acceptors (Lipinski definition) is 7. The van der Waals surface area contributed by atoms with Crippen molar-refractivity contribution in [1.29, 1.82) is 0 Å². The van der Waals surface area contributed by atoms with E-state index in [0.717, 1.165) is 12.8 Å². The van der Waals surface area contributed by atoms with Crippen molar-refractivity contribution in [3.63, 3.8) is 0 Å². The second kappa shape index (κ2) is 5.35. The molecule has 2 heterocycles. The standard InChI is InChI=1S/C11H17N5O3/c1-11(3-5-19-6-4-11)15-9-8(16(17)18)7-13-10(12-2)14-9/h7H,3-6H2,1-2H3,(H2,12,13,14,15). The maximum Gasteiger partial charge on any atom is 0.329 e. The van der Waals surface area contributed by atoms with Gasteiger partial charge < -0.3 is 15.4 Å². The van der Waals surface area contributed by atoms with E-state index in [-0.39, 0.29) is 17.0 Å². The normalized spacial score (nSPS) is 17.8. The van der Waals surface area contributed by atoms with Crippen molar-refractivity contribution in [1.82, 2.24) is 9.97 Å². The van der Waals surface area contributed by atoms with Gasteiger partial charge in [0.15, 0.2) is 0 Å². The van der Waals surface area contributed by atoms with E-state index >= 15 is 0 Å². The van der Waals surface area contributed by atoms with Gasteiger partial charge in [0.2, 0.25) is 11.8 Å². The predicted molar refractivity (Wildman–Crippen MR) is 70.3 cm³/mol. The second-order valence-electron chi connectivity index (χ2n) is 4.73. The summed E-state index contributed by atoms with van der Waals surface area (Å²) in [5.41, 5.74) is -0.366. The van der Waals surface area contributed by atoms with Crippen molar-refractivity contribution in [2.75, 3.05) is 30.9 Å². The van der Waals surface area contributed by atoms with Gasteiger partial charge in [-0.2, -0.15) is 4.98 Å². The van der Waals surface area contributed by atoms with E-state index in [0.29, 0.717) is 19.2 Å². The van der Waals surface area contributed by atoms with Crippen LogP contribution in [-0.4, -0.2) is 40.7 Å². The SMILES string of the molecule is CNc1ncc([N+](=O)[O-])c(NC2(C)CCOCC2)n1. The number of rotatable bonds is 4. The van der Waals surface area contributed by atoms with Crippen molar-refractivity contribution in [3.8, 4) is 0 Å². The number of nitro groups is 1. The van der Waals surface area contributed by atoms with E-state index in [1.54, 1.807) is 7.05 Å². The highest BCUT2D eigenvalue weighted by molar-refractivity contribution is 5.58. The molecule has 0 bridgehead atoms. The van der Waals surface area contributed by atoms with Crippen LogP contribution in [0.5, 0.6) is 0 Å². The molecule has 0 aromatic carbocycles. The van der Waals surface area contributed by atoms with Gasteiger partial charge in [-0.3, -0.25) is 10.1 Å². The third kappa shape index (κ3) is 3.08. The zero-order chi connectivity index (χ0) is 13.9. The summed E-state index contributed by atoms with van der Waals surface area (Å²) < 4.78 is 5.31. The molecule has 8 heteroatoms. The van der Waals surface area contributed by atoms with Crippen LogP contribution in [0, 0.1) is 10.1 Å². The van der Waals surface area contributed by atoms with Gasteiger partial charge in [0.25, 0.3) is 0 Å². The van der Waals surface area contributed by atoms with Crippen LogP contribution in [-0.2, 0) is 4.74 Å². The molecule has 0 unspecified atom stereocenters. The summed E-state index contributed by atoms with van der Waals surface area (Å²) in [5.74, 6) is 0.595. The van der Waals surface area contributed by atoms with E-state index in [4.69, 9.17) is 4.74 Å². The van der Waals surface area contributed by atoms with Gasteiger partial charge in [0, 0.05) is 25.8 Å². The number of hydrogen-bond donors (Lipinski definition) is 2. The smallest absolute Gasteiger partial charge is 0.329 e. The van der Waals surface area contributed by atoms with Crippen LogP contribution < -0.4 is 10.6 Å². The molecular weight excluding hydrogens is 250 g/mol. The fourth-order valence-corrected chi connectivity index (χ4v) is 1.95. The molecular formula is C11H17N5O3. The molecule has 8 nitrogen and oxygen atoms in total. The van der Waals surface area contributed by atoms with Crippen LogP contribution in [0.4, 0.5) is 17.5 Å². The molecule has 0 saturated carbocycles. The second-order valence-corrected chi connectivity index (χ2v) is 4.73. The topological polar surface area (TPSA) is 102 Å². The van der Waals surface area contributed by atoms with Crippen LogP contribution >= 0.6 is 0 Å². The summed E-state index contributed by atoms with van der Waals surface area (Å²) in [6.45, 7) is 3.29. The van der Waals surface area contributed by atoms with Gasteiger partial charge in [-0.15, -0.1) is 0 Å². The quantitative estimate of drug-likeness (QED) is 0.628. The Morgan fingerprint density at radius 1 is 1.47 bits per heavy atom. The Labute approximate surface area is 110 Å². The number of anilines is 2. The minimum atomic E-state index is -0.482. The number of ether oxygens (including phenoxy) is 1. The Balaban J connectivity index is 2.28. The van der Waals surface area contributed by atoms with E-state index in [9.17, 15) is 10.1 Å². The number of nitrogens with zero attached hydrogens (tertiary/aromatic N) is 3. The Hall–Kier alpha value is -1.96. The van der Waals surface area contributed by atoms with Crippen LogP contribution in [0.2, 0.25) is 0 Å². The Kier molecular flexibility index (Phi) is 3.79. The highest BCUT2D eigenvalue weighted by atomic mass is 16.6. The molecule has 1 aromatic rings. The molecule has 0 amide bonds. The highest BCUT2D eigenvalue weighted by Gasteiger charge is 2.30. The van der Waals surface area contributed by atoms with Gasteiger partial charge in [0.1, 0.15) is 6.20 Å². The van der Waals surface area contributed by atoms with Crippen LogP contribution in [0.1, 0.15) is 19.8 Å². The Morgan fingerprint density at radius 2 is 2.16 bits per heavy atom. The molecule has 0 aliphatic carbocycles. The summed E-state index contributed by atoms with van der Waals surface area (Å²) in [7, 11) is 1.67. The fourth-order valence-electron chi connectivity index (χ4n) is 1.95. The monoisotopic (exact) mass is 267 g/mol. The lowest BCUT2D eigenvalue weighted by Gasteiger charge is -2.34. The average Bonchev–Trinajstić information content (AvgIpc) is 2.38.